The number of rotatable bonds is 9. The number of ether oxygens (including phenoxy) is 2. The molecule has 2 aromatic carbocycles. The highest BCUT2D eigenvalue weighted by Gasteiger charge is 2.31. The SMILES string of the molecule is CCCCN1C(=O)/C(=C/c2ccc(OCC(=O)Nc3ccc(Br)cc3C)c(OC)c2)SC1=S. The second-order valence-corrected chi connectivity index (χ2v) is 9.98. The van der Waals surface area contributed by atoms with Crippen molar-refractivity contribution in [2.24, 2.45) is 0 Å². The summed E-state index contributed by atoms with van der Waals surface area (Å²) in [5.74, 6) is 0.561. The van der Waals surface area contributed by atoms with E-state index in [2.05, 4.69) is 28.2 Å². The number of anilines is 1. The average Bonchev–Trinajstić information content (AvgIpc) is 3.05. The lowest BCUT2D eigenvalue weighted by Crippen LogP contribution is -2.28. The van der Waals surface area contributed by atoms with Gasteiger partial charge in [0, 0.05) is 16.7 Å². The van der Waals surface area contributed by atoms with Gasteiger partial charge >= 0.3 is 0 Å². The molecule has 2 amide bonds. The molecule has 174 valence electrons. The van der Waals surface area contributed by atoms with E-state index in [9.17, 15) is 9.59 Å². The standard InChI is InChI=1S/C24H25BrN2O4S2/c1-4-5-10-27-23(29)21(33-24(27)32)13-16-6-9-19(20(12-16)30-3)31-14-22(28)26-18-8-7-17(25)11-15(18)2/h6-9,11-13H,4-5,10,14H2,1-3H3,(H,26,28)/b21-13-. The predicted molar refractivity (Wildman–Crippen MR) is 141 cm³/mol. The molecule has 0 unspecified atom stereocenters. The number of carbonyl (C=O) groups excluding carboxylic acids is 2. The van der Waals surface area contributed by atoms with Crippen LogP contribution in [-0.4, -0.2) is 41.3 Å². The van der Waals surface area contributed by atoms with Gasteiger partial charge in [-0.3, -0.25) is 14.5 Å². The summed E-state index contributed by atoms with van der Waals surface area (Å²) in [6.07, 6.45) is 3.70. The van der Waals surface area contributed by atoms with Gasteiger partial charge in [-0.05, 0) is 60.9 Å². The van der Waals surface area contributed by atoms with Crippen LogP contribution in [0.5, 0.6) is 11.5 Å². The molecule has 0 spiro atoms. The van der Waals surface area contributed by atoms with Crippen molar-refractivity contribution in [2.75, 3.05) is 25.6 Å². The number of nitrogens with zero attached hydrogens (tertiary/aromatic N) is 1. The van der Waals surface area contributed by atoms with Crippen molar-refractivity contribution >= 4 is 67.8 Å². The quantitative estimate of drug-likeness (QED) is 0.316. The lowest BCUT2D eigenvalue weighted by Gasteiger charge is -2.13. The van der Waals surface area contributed by atoms with Crippen LogP contribution in [0, 0.1) is 6.92 Å². The number of hydrogen-bond donors (Lipinski definition) is 1. The summed E-state index contributed by atoms with van der Waals surface area (Å²) in [5, 5.41) is 2.84. The molecule has 0 aromatic heterocycles. The highest BCUT2D eigenvalue weighted by molar-refractivity contribution is 9.10. The molecule has 0 atom stereocenters. The number of amides is 2. The molecule has 2 aromatic rings. The van der Waals surface area contributed by atoms with E-state index in [4.69, 9.17) is 21.7 Å². The Balaban J connectivity index is 1.66. The Hall–Kier alpha value is -2.36. The molecule has 1 saturated heterocycles. The van der Waals surface area contributed by atoms with E-state index in [-0.39, 0.29) is 18.4 Å². The van der Waals surface area contributed by atoms with Crippen LogP contribution in [0.25, 0.3) is 6.08 Å². The summed E-state index contributed by atoms with van der Waals surface area (Å²) in [4.78, 5) is 27.2. The minimum atomic E-state index is -0.276. The third kappa shape index (κ3) is 6.59. The van der Waals surface area contributed by atoms with Crippen molar-refractivity contribution < 1.29 is 19.1 Å². The van der Waals surface area contributed by atoms with Crippen LogP contribution in [0.1, 0.15) is 30.9 Å². The molecule has 1 N–H and O–H groups in total. The summed E-state index contributed by atoms with van der Waals surface area (Å²) < 4.78 is 12.6. The molecule has 1 fully saturated rings. The molecule has 0 bridgehead atoms. The van der Waals surface area contributed by atoms with Gasteiger partial charge in [0.05, 0.1) is 12.0 Å². The summed E-state index contributed by atoms with van der Waals surface area (Å²) in [5.41, 5.74) is 2.45. The van der Waals surface area contributed by atoms with E-state index < -0.39 is 0 Å². The van der Waals surface area contributed by atoms with Crippen LogP contribution < -0.4 is 14.8 Å². The lowest BCUT2D eigenvalue weighted by molar-refractivity contribution is -0.122. The zero-order valence-electron chi connectivity index (χ0n) is 18.6. The molecule has 33 heavy (non-hydrogen) atoms. The van der Waals surface area contributed by atoms with Crippen molar-refractivity contribution in [3.63, 3.8) is 0 Å². The summed E-state index contributed by atoms with van der Waals surface area (Å²) >= 11 is 10.1. The maximum atomic E-state index is 12.7. The number of benzene rings is 2. The maximum Gasteiger partial charge on any atom is 0.266 e. The highest BCUT2D eigenvalue weighted by Crippen LogP contribution is 2.35. The number of hydrogen-bond acceptors (Lipinski definition) is 6. The second kappa shape index (κ2) is 11.7. The minimum absolute atomic E-state index is 0.0716. The Bertz CT molecular complexity index is 1100. The monoisotopic (exact) mass is 548 g/mol. The first kappa shape index (κ1) is 25.3. The molecule has 9 heteroatoms. The third-order valence-corrected chi connectivity index (χ3v) is 6.79. The van der Waals surface area contributed by atoms with Crippen LogP contribution in [-0.2, 0) is 9.59 Å². The first-order valence-electron chi connectivity index (χ1n) is 10.4. The fourth-order valence-electron chi connectivity index (χ4n) is 3.15. The van der Waals surface area contributed by atoms with E-state index in [0.717, 1.165) is 34.1 Å². The van der Waals surface area contributed by atoms with Gasteiger partial charge in [0.2, 0.25) is 0 Å². The number of thioether (sulfide) groups is 1. The van der Waals surface area contributed by atoms with Crippen LogP contribution >= 0.6 is 39.9 Å². The van der Waals surface area contributed by atoms with Gasteiger partial charge in [0.15, 0.2) is 18.1 Å². The van der Waals surface area contributed by atoms with Crippen molar-refractivity contribution in [2.45, 2.75) is 26.7 Å². The number of methoxy groups -OCH3 is 1. The van der Waals surface area contributed by atoms with Gasteiger partial charge < -0.3 is 14.8 Å². The van der Waals surface area contributed by atoms with E-state index in [0.29, 0.717) is 27.3 Å². The van der Waals surface area contributed by atoms with Gasteiger partial charge in [-0.25, -0.2) is 0 Å². The predicted octanol–water partition coefficient (Wildman–Crippen LogP) is 5.78. The van der Waals surface area contributed by atoms with Gasteiger partial charge in [0.25, 0.3) is 11.8 Å². The summed E-state index contributed by atoms with van der Waals surface area (Å²) in [6.45, 7) is 4.47. The topological polar surface area (TPSA) is 67.9 Å². The third-order valence-electron chi connectivity index (χ3n) is 4.92. The molecular weight excluding hydrogens is 524 g/mol. The number of unbranched alkanes of at least 4 members (excludes halogenated alkanes) is 1. The first-order chi connectivity index (χ1) is 15.8. The van der Waals surface area contributed by atoms with Gasteiger partial charge in [-0.15, -0.1) is 0 Å². The summed E-state index contributed by atoms with van der Waals surface area (Å²) in [6, 6.07) is 10.9. The van der Waals surface area contributed by atoms with E-state index in [1.807, 2.05) is 31.2 Å². The fourth-order valence-corrected chi connectivity index (χ4v) is 4.93. The molecule has 0 saturated carbocycles. The Kier molecular flexibility index (Phi) is 8.94. The van der Waals surface area contributed by atoms with E-state index in [1.165, 1.54) is 18.9 Å². The van der Waals surface area contributed by atoms with Crippen LogP contribution in [0.2, 0.25) is 0 Å². The molecule has 1 aliphatic rings. The van der Waals surface area contributed by atoms with Gasteiger partial charge in [-0.1, -0.05) is 59.3 Å². The molecule has 3 rings (SSSR count). The molecule has 6 nitrogen and oxygen atoms in total. The molecular formula is C24H25BrN2O4S2. The minimum Gasteiger partial charge on any atom is -0.493 e. The van der Waals surface area contributed by atoms with Crippen LogP contribution in [0.3, 0.4) is 0 Å². The smallest absolute Gasteiger partial charge is 0.266 e. The Morgan fingerprint density at radius 2 is 2.03 bits per heavy atom. The molecule has 1 heterocycles. The molecule has 0 radical (unpaired) electrons. The van der Waals surface area contributed by atoms with Crippen molar-refractivity contribution in [3.05, 3.63) is 56.9 Å². The zero-order chi connectivity index (χ0) is 24.0. The van der Waals surface area contributed by atoms with Crippen molar-refractivity contribution in [3.8, 4) is 11.5 Å². The molecule has 0 aliphatic carbocycles. The average molecular weight is 550 g/mol. The van der Waals surface area contributed by atoms with Crippen LogP contribution in [0.4, 0.5) is 5.69 Å². The normalized spacial score (nSPS) is 14.7. The number of aryl methyl sites for hydroxylation is 1. The zero-order valence-corrected chi connectivity index (χ0v) is 21.9. The number of nitrogens with one attached hydrogen (secondary N) is 1. The van der Waals surface area contributed by atoms with E-state index in [1.54, 1.807) is 23.1 Å². The fraction of sp³-hybridized carbons (Fsp3) is 0.292. The first-order valence-corrected chi connectivity index (χ1v) is 12.5. The van der Waals surface area contributed by atoms with Gasteiger partial charge in [0.1, 0.15) is 4.32 Å². The van der Waals surface area contributed by atoms with E-state index >= 15 is 0 Å². The highest BCUT2D eigenvalue weighted by atomic mass is 79.9. The summed E-state index contributed by atoms with van der Waals surface area (Å²) in [7, 11) is 1.53. The second-order valence-electron chi connectivity index (χ2n) is 7.39. The number of halogens is 1. The number of carbonyl (C=O) groups is 2. The van der Waals surface area contributed by atoms with Crippen molar-refractivity contribution in [1.82, 2.24) is 4.90 Å². The van der Waals surface area contributed by atoms with Crippen molar-refractivity contribution in [1.29, 1.82) is 0 Å². The molecule has 1 aliphatic heterocycles. The Morgan fingerprint density at radius 3 is 2.73 bits per heavy atom. The van der Waals surface area contributed by atoms with Gasteiger partial charge in [-0.2, -0.15) is 0 Å². The Morgan fingerprint density at radius 1 is 1.24 bits per heavy atom. The Labute approximate surface area is 211 Å². The largest absolute Gasteiger partial charge is 0.493 e. The lowest BCUT2D eigenvalue weighted by atomic mass is 10.2. The van der Waals surface area contributed by atoms with Crippen LogP contribution in [0.15, 0.2) is 45.8 Å². The maximum absolute atomic E-state index is 12.7. The number of thiocarbonyl (C=S) groups is 1.